The van der Waals surface area contributed by atoms with Gasteiger partial charge in [0.2, 0.25) is 5.91 Å². The van der Waals surface area contributed by atoms with Gasteiger partial charge in [0.25, 0.3) is 5.56 Å². The summed E-state index contributed by atoms with van der Waals surface area (Å²) in [6, 6.07) is 7.49. The Bertz CT molecular complexity index is 1120. The van der Waals surface area contributed by atoms with Gasteiger partial charge in [-0.2, -0.15) is 0 Å². The standard InChI is InChI=1S/C21H22BrN3O2S2/c1-3-15(18(26)23-13-10-8-12(22)9-11-13)29-21-24-19-17(20(27)25(21)2)14-6-4-5-7-16(14)28-19/h8-11,15H,3-7H2,1-2H3,(H,23,26). The van der Waals surface area contributed by atoms with Crippen LogP contribution in [0.1, 0.15) is 36.6 Å². The number of halogens is 1. The highest BCUT2D eigenvalue weighted by molar-refractivity contribution is 9.10. The molecule has 0 bridgehead atoms. The van der Waals surface area contributed by atoms with Gasteiger partial charge in [-0.25, -0.2) is 4.98 Å². The summed E-state index contributed by atoms with van der Waals surface area (Å²) >= 11 is 6.40. The minimum absolute atomic E-state index is 0.0000656. The van der Waals surface area contributed by atoms with Gasteiger partial charge in [-0.15, -0.1) is 11.3 Å². The number of carbonyl (C=O) groups excluding carboxylic acids is 1. The van der Waals surface area contributed by atoms with Gasteiger partial charge in [-0.3, -0.25) is 14.2 Å². The topological polar surface area (TPSA) is 64.0 Å². The van der Waals surface area contributed by atoms with Gasteiger partial charge in [-0.05, 0) is 61.9 Å². The number of hydrogen-bond donors (Lipinski definition) is 1. The van der Waals surface area contributed by atoms with E-state index < -0.39 is 0 Å². The zero-order valence-corrected chi connectivity index (χ0v) is 19.5. The molecule has 2 aromatic heterocycles. The van der Waals surface area contributed by atoms with Crippen LogP contribution in [0.2, 0.25) is 0 Å². The van der Waals surface area contributed by atoms with Gasteiger partial charge in [0, 0.05) is 22.1 Å². The molecule has 1 atom stereocenters. The summed E-state index contributed by atoms with van der Waals surface area (Å²) in [5.41, 5.74) is 1.95. The third-order valence-electron chi connectivity index (χ3n) is 5.18. The number of nitrogens with zero attached hydrogens (tertiary/aromatic N) is 2. The van der Waals surface area contributed by atoms with Gasteiger partial charge in [0.1, 0.15) is 4.83 Å². The van der Waals surface area contributed by atoms with Crippen molar-refractivity contribution in [3.8, 4) is 0 Å². The first-order chi connectivity index (χ1) is 14.0. The SMILES string of the molecule is CCC(Sc1nc2sc3c(c2c(=O)n1C)CCCC3)C(=O)Nc1ccc(Br)cc1. The van der Waals surface area contributed by atoms with E-state index in [1.54, 1.807) is 23.0 Å². The molecule has 1 unspecified atom stereocenters. The summed E-state index contributed by atoms with van der Waals surface area (Å²) in [4.78, 5) is 32.8. The van der Waals surface area contributed by atoms with Crippen molar-refractivity contribution in [3.05, 3.63) is 49.5 Å². The lowest BCUT2D eigenvalue weighted by atomic mass is 9.97. The molecular weight excluding hydrogens is 470 g/mol. The second kappa shape index (κ2) is 8.62. The predicted molar refractivity (Wildman–Crippen MR) is 124 cm³/mol. The van der Waals surface area contributed by atoms with Crippen molar-refractivity contribution in [3.63, 3.8) is 0 Å². The van der Waals surface area contributed by atoms with Crippen LogP contribution in [0.15, 0.2) is 38.7 Å². The van der Waals surface area contributed by atoms with Crippen molar-refractivity contribution in [1.82, 2.24) is 9.55 Å². The number of nitrogens with one attached hydrogen (secondary N) is 1. The number of aromatic nitrogens is 2. The van der Waals surface area contributed by atoms with E-state index in [1.807, 2.05) is 31.2 Å². The lowest BCUT2D eigenvalue weighted by molar-refractivity contribution is -0.115. The number of benzene rings is 1. The summed E-state index contributed by atoms with van der Waals surface area (Å²) in [6.07, 6.45) is 4.95. The van der Waals surface area contributed by atoms with Crippen LogP contribution in [-0.4, -0.2) is 20.7 Å². The molecule has 152 valence electrons. The quantitative estimate of drug-likeness (QED) is 0.396. The summed E-state index contributed by atoms with van der Waals surface area (Å²) in [7, 11) is 1.75. The second-order valence-electron chi connectivity index (χ2n) is 7.16. The Morgan fingerprint density at radius 3 is 2.76 bits per heavy atom. The third kappa shape index (κ3) is 4.15. The van der Waals surface area contributed by atoms with Crippen molar-refractivity contribution in [2.45, 2.75) is 49.4 Å². The van der Waals surface area contributed by atoms with Crippen LogP contribution in [0, 0.1) is 0 Å². The summed E-state index contributed by atoms with van der Waals surface area (Å²) < 4.78 is 2.56. The number of rotatable bonds is 5. The number of aryl methyl sites for hydroxylation is 2. The molecule has 0 saturated carbocycles. The molecule has 0 aliphatic heterocycles. The molecule has 0 spiro atoms. The first-order valence-corrected chi connectivity index (χ1v) is 12.2. The molecule has 1 aliphatic carbocycles. The lowest BCUT2D eigenvalue weighted by Gasteiger charge is -2.16. The van der Waals surface area contributed by atoms with E-state index in [-0.39, 0.29) is 16.7 Å². The van der Waals surface area contributed by atoms with E-state index in [0.717, 1.165) is 39.6 Å². The molecule has 1 aliphatic rings. The molecule has 1 N–H and O–H groups in total. The van der Waals surface area contributed by atoms with Crippen LogP contribution >= 0.6 is 39.0 Å². The average molecular weight is 492 g/mol. The molecule has 29 heavy (non-hydrogen) atoms. The van der Waals surface area contributed by atoms with Crippen LogP contribution in [0.5, 0.6) is 0 Å². The van der Waals surface area contributed by atoms with Gasteiger partial charge in [0.15, 0.2) is 5.16 Å². The Kier molecular flexibility index (Phi) is 6.13. The largest absolute Gasteiger partial charge is 0.325 e. The zero-order chi connectivity index (χ0) is 20.5. The Morgan fingerprint density at radius 2 is 2.03 bits per heavy atom. The minimum atomic E-state index is -0.330. The van der Waals surface area contributed by atoms with Crippen molar-refractivity contribution in [2.24, 2.45) is 7.05 Å². The number of anilines is 1. The lowest BCUT2D eigenvalue weighted by Crippen LogP contribution is -2.27. The Morgan fingerprint density at radius 1 is 1.31 bits per heavy atom. The fourth-order valence-electron chi connectivity index (χ4n) is 3.58. The summed E-state index contributed by atoms with van der Waals surface area (Å²) in [5, 5.41) is 4.01. The number of amides is 1. The normalized spacial score (nSPS) is 14.6. The second-order valence-corrected chi connectivity index (χ2v) is 10.3. The highest BCUT2D eigenvalue weighted by atomic mass is 79.9. The molecule has 8 heteroatoms. The average Bonchev–Trinajstić information content (AvgIpc) is 3.09. The van der Waals surface area contributed by atoms with E-state index in [9.17, 15) is 9.59 Å². The smallest absolute Gasteiger partial charge is 0.262 e. The molecule has 1 amide bonds. The van der Waals surface area contributed by atoms with Crippen LogP contribution in [0.25, 0.3) is 10.2 Å². The summed E-state index contributed by atoms with van der Waals surface area (Å²) in [6.45, 7) is 1.97. The first kappa shape index (κ1) is 20.6. The molecular formula is C21H22BrN3O2S2. The molecule has 2 heterocycles. The molecule has 0 fully saturated rings. The number of fused-ring (bicyclic) bond motifs is 3. The number of thioether (sulfide) groups is 1. The first-order valence-electron chi connectivity index (χ1n) is 9.72. The Labute approximate surface area is 186 Å². The molecule has 3 aromatic rings. The number of hydrogen-bond acceptors (Lipinski definition) is 5. The van der Waals surface area contributed by atoms with Crippen LogP contribution in [-0.2, 0) is 24.7 Å². The van der Waals surface area contributed by atoms with Crippen molar-refractivity contribution < 1.29 is 4.79 Å². The van der Waals surface area contributed by atoms with E-state index in [0.29, 0.717) is 11.6 Å². The molecule has 1 aromatic carbocycles. The van der Waals surface area contributed by atoms with E-state index in [1.165, 1.54) is 28.6 Å². The molecule has 0 saturated heterocycles. The van der Waals surface area contributed by atoms with Gasteiger partial charge < -0.3 is 5.32 Å². The van der Waals surface area contributed by atoms with Crippen LogP contribution < -0.4 is 10.9 Å². The van der Waals surface area contributed by atoms with Crippen LogP contribution in [0.4, 0.5) is 5.69 Å². The maximum atomic E-state index is 13.1. The van der Waals surface area contributed by atoms with E-state index in [4.69, 9.17) is 4.98 Å². The highest BCUT2D eigenvalue weighted by Gasteiger charge is 2.24. The molecule has 4 rings (SSSR count). The van der Waals surface area contributed by atoms with Gasteiger partial charge in [-0.1, -0.05) is 34.6 Å². The van der Waals surface area contributed by atoms with Crippen molar-refractivity contribution >= 4 is 60.8 Å². The highest BCUT2D eigenvalue weighted by Crippen LogP contribution is 2.35. The van der Waals surface area contributed by atoms with Crippen LogP contribution in [0.3, 0.4) is 0 Å². The summed E-state index contributed by atoms with van der Waals surface area (Å²) in [5.74, 6) is -0.0837. The minimum Gasteiger partial charge on any atom is -0.325 e. The fraction of sp³-hybridized carbons (Fsp3) is 0.381. The molecule has 5 nitrogen and oxygen atoms in total. The van der Waals surface area contributed by atoms with E-state index >= 15 is 0 Å². The zero-order valence-electron chi connectivity index (χ0n) is 16.3. The monoisotopic (exact) mass is 491 g/mol. The van der Waals surface area contributed by atoms with E-state index in [2.05, 4.69) is 21.2 Å². The Balaban J connectivity index is 1.61. The number of carbonyl (C=O) groups is 1. The third-order valence-corrected chi connectivity index (χ3v) is 8.30. The maximum Gasteiger partial charge on any atom is 0.262 e. The van der Waals surface area contributed by atoms with Gasteiger partial charge >= 0.3 is 0 Å². The maximum absolute atomic E-state index is 13.1. The Hall–Kier alpha value is -1.64. The molecule has 0 radical (unpaired) electrons. The van der Waals surface area contributed by atoms with Crippen molar-refractivity contribution in [1.29, 1.82) is 0 Å². The predicted octanol–water partition coefficient (Wildman–Crippen LogP) is 5.15. The van der Waals surface area contributed by atoms with Gasteiger partial charge in [0.05, 0.1) is 10.6 Å². The fourth-order valence-corrected chi connectivity index (χ4v) is 6.12. The van der Waals surface area contributed by atoms with Crippen molar-refractivity contribution in [2.75, 3.05) is 5.32 Å². The number of thiophene rings is 1.